The summed E-state index contributed by atoms with van der Waals surface area (Å²) >= 11 is 0. The highest BCUT2D eigenvalue weighted by Gasteiger charge is 2.30. The standard InChI is InChI=1S/C15H21NO4/c1-10-6-7-12(11(2)8-10)20-9-13(17)16-15(3,4)14(18)19-5/h6-8H,9H2,1-5H3,(H,16,17). The minimum atomic E-state index is -1.07. The van der Waals surface area contributed by atoms with Crippen LogP contribution in [-0.2, 0) is 14.3 Å². The molecule has 0 saturated carbocycles. The zero-order valence-electron chi connectivity index (χ0n) is 12.6. The summed E-state index contributed by atoms with van der Waals surface area (Å²) in [6.45, 7) is 6.91. The molecule has 1 aromatic carbocycles. The number of nitrogens with one attached hydrogen (secondary N) is 1. The number of aryl methyl sites for hydroxylation is 2. The molecule has 0 bridgehead atoms. The van der Waals surface area contributed by atoms with Crippen LogP contribution in [0.5, 0.6) is 5.75 Å². The maximum absolute atomic E-state index is 11.8. The number of amides is 1. The van der Waals surface area contributed by atoms with Crippen molar-refractivity contribution in [1.82, 2.24) is 5.32 Å². The van der Waals surface area contributed by atoms with E-state index in [9.17, 15) is 9.59 Å². The van der Waals surface area contributed by atoms with E-state index in [-0.39, 0.29) is 12.5 Å². The van der Waals surface area contributed by atoms with Gasteiger partial charge in [0, 0.05) is 0 Å². The van der Waals surface area contributed by atoms with Gasteiger partial charge in [-0.15, -0.1) is 0 Å². The van der Waals surface area contributed by atoms with Gasteiger partial charge in [-0.25, -0.2) is 4.79 Å². The topological polar surface area (TPSA) is 64.6 Å². The van der Waals surface area contributed by atoms with Crippen molar-refractivity contribution in [1.29, 1.82) is 0 Å². The molecule has 110 valence electrons. The first-order valence-electron chi connectivity index (χ1n) is 6.36. The van der Waals surface area contributed by atoms with E-state index in [1.54, 1.807) is 13.8 Å². The molecular weight excluding hydrogens is 258 g/mol. The van der Waals surface area contributed by atoms with E-state index in [0.29, 0.717) is 5.75 Å². The van der Waals surface area contributed by atoms with E-state index >= 15 is 0 Å². The van der Waals surface area contributed by atoms with Crippen molar-refractivity contribution in [3.05, 3.63) is 29.3 Å². The second kappa shape index (κ2) is 6.41. The third-order valence-corrected chi connectivity index (χ3v) is 2.84. The maximum Gasteiger partial charge on any atom is 0.330 e. The van der Waals surface area contributed by atoms with Crippen LogP contribution < -0.4 is 10.1 Å². The van der Waals surface area contributed by atoms with Gasteiger partial charge in [-0.3, -0.25) is 4.79 Å². The first-order valence-corrected chi connectivity index (χ1v) is 6.36. The Labute approximate surface area is 119 Å². The average Bonchev–Trinajstić information content (AvgIpc) is 2.36. The molecule has 0 saturated heterocycles. The monoisotopic (exact) mass is 279 g/mol. The minimum Gasteiger partial charge on any atom is -0.484 e. The Morgan fingerprint density at radius 1 is 1.25 bits per heavy atom. The molecule has 0 fully saturated rings. The molecule has 5 nitrogen and oxygen atoms in total. The van der Waals surface area contributed by atoms with E-state index < -0.39 is 11.5 Å². The molecule has 1 N–H and O–H groups in total. The summed E-state index contributed by atoms with van der Waals surface area (Å²) in [5.41, 5.74) is 1.02. The zero-order chi connectivity index (χ0) is 15.3. The van der Waals surface area contributed by atoms with E-state index in [4.69, 9.17) is 4.74 Å². The molecule has 0 spiro atoms. The van der Waals surface area contributed by atoms with Crippen LogP contribution in [0, 0.1) is 13.8 Å². The molecule has 1 amide bonds. The highest BCUT2D eigenvalue weighted by atomic mass is 16.5. The van der Waals surface area contributed by atoms with Gasteiger partial charge in [-0.05, 0) is 39.3 Å². The average molecular weight is 279 g/mol. The Bertz CT molecular complexity index is 509. The summed E-state index contributed by atoms with van der Waals surface area (Å²) in [5.74, 6) is -0.223. The molecule has 0 radical (unpaired) electrons. The number of rotatable bonds is 5. The van der Waals surface area contributed by atoms with E-state index in [2.05, 4.69) is 10.1 Å². The van der Waals surface area contributed by atoms with Gasteiger partial charge in [-0.1, -0.05) is 17.7 Å². The van der Waals surface area contributed by atoms with Crippen molar-refractivity contribution in [2.45, 2.75) is 33.2 Å². The lowest BCUT2D eigenvalue weighted by Crippen LogP contribution is -2.51. The van der Waals surface area contributed by atoms with Crippen LogP contribution in [-0.4, -0.2) is 31.1 Å². The van der Waals surface area contributed by atoms with Gasteiger partial charge in [-0.2, -0.15) is 0 Å². The molecule has 1 aromatic rings. The lowest BCUT2D eigenvalue weighted by Gasteiger charge is -2.23. The fourth-order valence-electron chi connectivity index (χ4n) is 1.80. The van der Waals surface area contributed by atoms with Crippen molar-refractivity contribution < 1.29 is 19.1 Å². The molecule has 0 heterocycles. The SMILES string of the molecule is COC(=O)C(C)(C)NC(=O)COc1ccc(C)cc1C. The third-order valence-electron chi connectivity index (χ3n) is 2.84. The van der Waals surface area contributed by atoms with Gasteiger partial charge in [0.15, 0.2) is 6.61 Å². The van der Waals surface area contributed by atoms with Gasteiger partial charge in [0.25, 0.3) is 5.91 Å². The molecule has 0 unspecified atom stereocenters. The molecule has 5 heteroatoms. The van der Waals surface area contributed by atoms with Gasteiger partial charge in [0.1, 0.15) is 11.3 Å². The number of benzene rings is 1. The van der Waals surface area contributed by atoms with Crippen molar-refractivity contribution in [3.8, 4) is 5.75 Å². The number of ether oxygens (including phenoxy) is 2. The zero-order valence-corrected chi connectivity index (χ0v) is 12.6. The van der Waals surface area contributed by atoms with Gasteiger partial charge in [0.05, 0.1) is 7.11 Å². The second-order valence-corrected chi connectivity index (χ2v) is 5.22. The van der Waals surface area contributed by atoms with Crippen LogP contribution >= 0.6 is 0 Å². The molecule has 0 aliphatic carbocycles. The normalized spacial score (nSPS) is 10.8. The minimum absolute atomic E-state index is 0.148. The Kier molecular flexibility index (Phi) is 5.13. The van der Waals surface area contributed by atoms with Gasteiger partial charge in [0.2, 0.25) is 0 Å². The molecule has 0 atom stereocenters. The number of esters is 1. The van der Waals surface area contributed by atoms with Gasteiger partial charge < -0.3 is 14.8 Å². The molecule has 0 aliphatic rings. The van der Waals surface area contributed by atoms with Crippen LogP contribution in [0.2, 0.25) is 0 Å². The number of carbonyl (C=O) groups is 2. The highest BCUT2D eigenvalue weighted by molar-refractivity contribution is 5.87. The van der Waals surface area contributed by atoms with E-state index in [1.165, 1.54) is 7.11 Å². The first kappa shape index (κ1) is 16.0. The van der Waals surface area contributed by atoms with Gasteiger partial charge >= 0.3 is 5.97 Å². The summed E-state index contributed by atoms with van der Waals surface area (Å²) < 4.78 is 10.1. The number of methoxy groups -OCH3 is 1. The molecule has 1 rings (SSSR count). The molecular formula is C15H21NO4. The lowest BCUT2D eigenvalue weighted by atomic mass is 10.1. The molecule has 0 aromatic heterocycles. The third kappa shape index (κ3) is 4.26. The quantitative estimate of drug-likeness (QED) is 0.834. The fraction of sp³-hybridized carbons (Fsp3) is 0.467. The lowest BCUT2D eigenvalue weighted by molar-refractivity contribution is -0.149. The Morgan fingerprint density at radius 3 is 2.45 bits per heavy atom. The van der Waals surface area contributed by atoms with Crippen molar-refractivity contribution in [2.24, 2.45) is 0 Å². The van der Waals surface area contributed by atoms with E-state index in [1.807, 2.05) is 32.0 Å². The summed E-state index contributed by atoms with van der Waals surface area (Å²) in [7, 11) is 1.28. The summed E-state index contributed by atoms with van der Waals surface area (Å²) in [6, 6.07) is 5.72. The fourth-order valence-corrected chi connectivity index (χ4v) is 1.80. The van der Waals surface area contributed by atoms with Crippen LogP contribution in [0.25, 0.3) is 0 Å². The van der Waals surface area contributed by atoms with Crippen LogP contribution in [0.15, 0.2) is 18.2 Å². The van der Waals surface area contributed by atoms with Crippen molar-refractivity contribution in [2.75, 3.05) is 13.7 Å². The summed E-state index contributed by atoms with van der Waals surface area (Å²) in [6.07, 6.45) is 0. The Hall–Kier alpha value is -2.04. The number of hydrogen-bond acceptors (Lipinski definition) is 4. The van der Waals surface area contributed by atoms with Crippen LogP contribution in [0.4, 0.5) is 0 Å². The number of hydrogen-bond donors (Lipinski definition) is 1. The first-order chi connectivity index (χ1) is 9.26. The van der Waals surface area contributed by atoms with Crippen molar-refractivity contribution in [3.63, 3.8) is 0 Å². The highest BCUT2D eigenvalue weighted by Crippen LogP contribution is 2.18. The van der Waals surface area contributed by atoms with E-state index in [0.717, 1.165) is 11.1 Å². The smallest absolute Gasteiger partial charge is 0.330 e. The largest absolute Gasteiger partial charge is 0.484 e. The second-order valence-electron chi connectivity index (χ2n) is 5.22. The maximum atomic E-state index is 11.8. The van der Waals surface area contributed by atoms with Crippen molar-refractivity contribution >= 4 is 11.9 Å². The summed E-state index contributed by atoms with van der Waals surface area (Å²) in [5, 5.41) is 2.57. The summed E-state index contributed by atoms with van der Waals surface area (Å²) in [4.78, 5) is 23.2. The number of carbonyl (C=O) groups excluding carboxylic acids is 2. The van der Waals surface area contributed by atoms with Crippen LogP contribution in [0.3, 0.4) is 0 Å². The Balaban J connectivity index is 2.58. The van der Waals surface area contributed by atoms with Crippen LogP contribution in [0.1, 0.15) is 25.0 Å². The predicted molar refractivity (Wildman–Crippen MR) is 75.6 cm³/mol. The predicted octanol–water partition coefficient (Wildman–Crippen LogP) is 1.75. The Morgan fingerprint density at radius 2 is 1.90 bits per heavy atom. The molecule has 0 aliphatic heterocycles. The molecule has 20 heavy (non-hydrogen) atoms.